The number of benzene rings is 1. The predicted octanol–water partition coefficient (Wildman–Crippen LogP) is 2.08. The van der Waals surface area contributed by atoms with Crippen LogP contribution in [0.3, 0.4) is 0 Å². The van der Waals surface area contributed by atoms with Gasteiger partial charge in [-0.05, 0) is 25.3 Å². The first-order valence-corrected chi connectivity index (χ1v) is 7.29. The number of carboxylic acids is 1. The van der Waals surface area contributed by atoms with Crippen molar-refractivity contribution in [2.45, 2.75) is 25.3 Å². The summed E-state index contributed by atoms with van der Waals surface area (Å²) < 4.78 is 5.39. The number of hydrogen-bond acceptors (Lipinski definition) is 3. The SMILES string of the molecule is COc1ccccc1[C@@H]1CCCN1C(=O)[C@H]1C[C@H]1C(=O)O. The maximum Gasteiger partial charge on any atom is 0.307 e. The van der Waals surface area contributed by atoms with Crippen molar-refractivity contribution in [3.05, 3.63) is 29.8 Å². The molecule has 2 fully saturated rings. The third-order valence-electron chi connectivity index (χ3n) is 4.46. The van der Waals surface area contributed by atoms with Gasteiger partial charge in [0.15, 0.2) is 0 Å². The Hall–Kier alpha value is -2.04. The Labute approximate surface area is 123 Å². The van der Waals surface area contributed by atoms with Crippen molar-refractivity contribution < 1.29 is 19.4 Å². The second-order valence-corrected chi connectivity index (χ2v) is 5.72. The molecule has 5 heteroatoms. The number of carboxylic acid groups (broad SMARTS) is 1. The van der Waals surface area contributed by atoms with E-state index in [2.05, 4.69) is 0 Å². The number of para-hydroxylation sites is 1. The molecule has 5 nitrogen and oxygen atoms in total. The molecule has 1 aliphatic heterocycles. The van der Waals surface area contributed by atoms with E-state index < -0.39 is 11.9 Å². The first-order chi connectivity index (χ1) is 10.1. The molecule has 2 aliphatic rings. The third kappa shape index (κ3) is 2.48. The van der Waals surface area contributed by atoms with E-state index in [1.807, 2.05) is 29.2 Å². The molecule has 0 aromatic heterocycles. The molecule has 1 aromatic rings. The maximum atomic E-state index is 12.5. The summed E-state index contributed by atoms with van der Waals surface area (Å²) >= 11 is 0. The molecule has 112 valence electrons. The number of hydrogen-bond donors (Lipinski definition) is 1. The van der Waals surface area contributed by atoms with Gasteiger partial charge in [0.05, 0.1) is 25.0 Å². The lowest BCUT2D eigenvalue weighted by molar-refractivity contribution is -0.142. The number of rotatable bonds is 4. The summed E-state index contributed by atoms with van der Waals surface area (Å²) in [7, 11) is 1.63. The van der Waals surface area contributed by atoms with Crippen molar-refractivity contribution in [3.63, 3.8) is 0 Å². The van der Waals surface area contributed by atoms with E-state index >= 15 is 0 Å². The zero-order chi connectivity index (χ0) is 15.0. The van der Waals surface area contributed by atoms with Gasteiger partial charge in [-0.25, -0.2) is 0 Å². The van der Waals surface area contributed by atoms with Crippen LogP contribution in [0.5, 0.6) is 5.75 Å². The van der Waals surface area contributed by atoms with Gasteiger partial charge >= 0.3 is 5.97 Å². The Morgan fingerprint density at radius 2 is 2.05 bits per heavy atom. The van der Waals surface area contributed by atoms with E-state index in [1.54, 1.807) is 7.11 Å². The highest BCUT2D eigenvalue weighted by molar-refractivity contribution is 5.90. The van der Waals surface area contributed by atoms with Crippen molar-refractivity contribution in [1.29, 1.82) is 0 Å². The van der Waals surface area contributed by atoms with Gasteiger partial charge in [-0.1, -0.05) is 18.2 Å². The van der Waals surface area contributed by atoms with E-state index in [0.29, 0.717) is 13.0 Å². The van der Waals surface area contributed by atoms with Gasteiger partial charge < -0.3 is 14.7 Å². The topological polar surface area (TPSA) is 66.8 Å². The number of aliphatic carboxylic acids is 1. The number of ether oxygens (including phenoxy) is 1. The van der Waals surface area contributed by atoms with Gasteiger partial charge in [0, 0.05) is 12.1 Å². The van der Waals surface area contributed by atoms with E-state index in [0.717, 1.165) is 24.2 Å². The molecule has 1 N–H and O–H groups in total. The average molecular weight is 289 g/mol. The lowest BCUT2D eigenvalue weighted by Gasteiger charge is -2.26. The minimum absolute atomic E-state index is 0.00342. The fraction of sp³-hybridized carbons (Fsp3) is 0.500. The molecule has 1 saturated heterocycles. The second-order valence-electron chi connectivity index (χ2n) is 5.72. The molecule has 0 spiro atoms. The summed E-state index contributed by atoms with van der Waals surface area (Å²) in [5.41, 5.74) is 1.01. The number of carbonyl (C=O) groups excluding carboxylic acids is 1. The van der Waals surface area contributed by atoms with Gasteiger partial charge in [-0.15, -0.1) is 0 Å². The van der Waals surface area contributed by atoms with Crippen molar-refractivity contribution in [2.75, 3.05) is 13.7 Å². The van der Waals surface area contributed by atoms with E-state index in [1.165, 1.54) is 0 Å². The Morgan fingerprint density at radius 3 is 2.71 bits per heavy atom. The normalized spacial score (nSPS) is 27.5. The molecule has 21 heavy (non-hydrogen) atoms. The van der Waals surface area contributed by atoms with Crippen molar-refractivity contribution in [2.24, 2.45) is 11.8 Å². The second kappa shape index (κ2) is 5.39. The molecule has 3 rings (SSSR count). The third-order valence-corrected chi connectivity index (χ3v) is 4.46. The summed E-state index contributed by atoms with van der Waals surface area (Å²) in [4.78, 5) is 25.3. The fourth-order valence-corrected chi connectivity index (χ4v) is 3.25. The van der Waals surface area contributed by atoms with E-state index in [4.69, 9.17) is 9.84 Å². The molecule has 1 saturated carbocycles. The Morgan fingerprint density at radius 1 is 1.29 bits per heavy atom. The zero-order valence-electron chi connectivity index (χ0n) is 12.0. The zero-order valence-corrected chi connectivity index (χ0v) is 12.0. The molecular formula is C16H19NO4. The minimum Gasteiger partial charge on any atom is -0.496 e. The van der Waals surface area contributed by atoms with Crippen molar-refractivity contribution in [1.82, 2.24) is 4.90 Å². The molecule has 1 amide bonds. The van der Waals surface area contributed by atoms with Crippen LogP contribution in [0.1, 0.15) is 30.9 Å². The first-order valence-electron chi connectivity index (χ1n) is 7.29. The van der Waals surface area contributed by atoms with Crippen LogP contribution in [0, 0.1) is 11.8 Å². The van der Waals surface area contributed by atoms with Crippen LogP contribution in [0.25, 0.3) is 0 Å². The van der Waals surface area contributed by atoms with Crippen LogP contribution < -0.4 is 4.74 Å². The molecule has 1 aliphatic carbocycles. The van der Waals surface area contributed by atoms with E-state index in [9.17, 15) is 9.59 Å². The lowest BCUT2D eigenvalue weighted by atomic mass is 10.0. The smallest absolute Gasteiger partial charge is 0.307 e. The summed E-state index contributed by atoms with van der Waals surface area (Å²) in [6.07, 6.45) is 2.32. The standard InChI is InChI=1S/C16H19NO4/c1-21-14-7-3-2-5-10(14)13-6-4-8-17(13)15(18)11-9-12(11)16(19)20/h2-3,5,7,11-13H,4,6,8-9H2,1H3,(H,19,20)/t11-,12+,13-/m0/s1. The summed E-state index contributed by atoms with van der Waals surface area (Å²) in [5, 5.41) is 8.99. The van der Waals surface area contributed by atoms with Crippen molar-refractivity contribution in [3.8, 4) is 5.75 Å². The fourth-order valence-electron chi connectivity index (χ4n) is 3.25. The van der Waals surface area contributed by atoms with Crippen LogP contribution in [0.4, 0.5) is 0 Å². The van der Waals surface area contributed by atoms with E-state index in [-0.39, 0.29) is 17.9 Å². The molecule has 0 bridgehead atoms. The van der Waals surface area contributed by atoms with Gasteiger partial charge in [-0.2, -0.15) is 0 Å². The van der Waals surface area contributed by atoms with Crippen LogP contribution in [0.2, 0.25) is 0 Å². The highest BCUT2D eigenvalue weighted by Crippen LogP contribution is 2.44. The molecule has 1 aromatic carbocycles. The molecular weight excluding hydrogens is 270 g/mol. The number of carbonyl (C=O) groups is 2. The van der Waals surface area contributed by atoms with Gasteiger partial charge in [0.25, 0.3) is 0 Å². The maximum absolute atomic E-state index is 12.5. The van der Waals surface area contributed by atoms with Crippen LogP contribution in [0.15, 0.2) is 24.3 Å². The quantitative estimate of drug-likeness (QED) is 0.921. The first kappa shape index (κ1) is 13.9. The highest BCUT2D eigenvalue weighted by Gasteiger charge is 2.51. The largest absolute Gasteiger partial charge is 0.496 e. The number of likely N-dealkylation sites (tertiary alicyclic amines) is 1. The molecule has 3 atom stereocenters. The molecule has 1 heterocycles. The number of nitrogens with zero attached hydrogens (tertiary/aromatic N) is 1. The number of methoxy groups -OCH3 is 1. The van der Waals surface area contributed by atoms with Gasteiger partial charge in [0.1, 0.15) is 5.75 Å². The highest BCUT2D eigenvalue weighted by atomic mass is 16.5. The van der Waals surface area contributed by atoms with Gasteiger partial charge in [-0.3, -0.25) is 9.59 Å². The Balaban J connectivity index is 1.80. The summed E-state index contributed by atoms with van der Waals surface area (Å²) in [6, 6.07) is 7.73. The van der Waals surface area contributed by atoms with Gasteiger partial charge in [0.2, 0.25) is 5.91 Å². The van der Waals surface area contributed by atoms with Crippen molar-refractivity contribution >= 4 is 11.9 Å². The Kier molecular flexibility index (Phi) is 3.57. The molecule has 0 radical (unpaired) electrons. The predicted molar refractivity (Wildman–Crippen MR) is 75.9 cm³/mol. The molecule has 0 unspecified atom stereocenters. The minimum atomic E-state index is -0.860. The summed E-state index contributed by atoms with van der Waals surface area (Å²) in [6.45, 7) is 0.699. The summed E-state index contributed by atoms with van der Waals surface area (Å²) in [5.74, 6) is -0.917. The average Bonchev–Trinajstić information content (AvgIpc) is 3.16. The van der Waals surface area contributed by atoms with Crippen LogP contribution in [-0.4, -0.2) is 35.5 Å². The number of amides is 1. The Bertz CT molecular complexity index is 571. The lowest BCUT2D eigenvalue weighted by Crippen LogP contribution is -2.32. The monoisotopic (exact) mass is 289 g/mol. The van der Waals surface area contributed by atoms with Crippen LogP contribution >= 0.6 is 0 Å². The van der Waals surface area contributed by atoms with Crippen LogP contribution in [-0.2, 0) is 9.59 Å².